The summed E-state index contributed by atoms with van der Waals surface area (Å²) in [6.45, 7) is 0.523. The molecule has 0 radical (unpaired) electrons. The van der Waals surface area contributed by atoms with Gasteiger partial charge in [0.2, 0.25) is 5.91 Å². The first kappa shape index (κ1) is 14.7. The predicted molar refractivity (Wildman–Crippen MR) is 70.8 cm³/mol. The monoisotopic (exact) mass is 270 g/mol. The second-order valence-electron chi connectivity index (χ2n) is 4.13. The summed E-state index contributed by atoms with van der Waals surface area (Å²) in [4.78, 5) is 11.6. The third kappa shape index (κ3) is 5.29. The van der Waals surface area contributed by atoms with E-state index in [0.29, 0.717) is 6.54 Å². The van der Waals surface area contributed by atoms with E-state index in [-0.39, 0.29) is 24.6 Å². The zero-order chi connectivity index (χ0) is 13.6. The SMILES string of the molecule is CS(=O)(=O)CCNC(=O)Cc1ccccc1CN. The van der Waals surface area contributed by atoms with Crippen LogP contribution in [0.25, 0.3) is 0 Å². The van der Waals surface area contributed by atoms with E-state index >= 15 is 0 Å². The topological polar surface area (TPSA) is 89.3 Å². The summed E-state index contributed by atoms with van der Waals surface area (Å²) in [6.07, 6.45) is 1.36. The molecule has 0 atom stereocenters. The van der Waals surface area contributed by atoms with E-state index in [9.17, 15) is 13.2 Å². The molecule has 100 valence electrons. The first-order valence-corrected chi connectivity index (χ1v) is 7.69. The summed E-state index contributed by atoms with van der Waals surface area (Å²) in [5.41, 5.74) is 7.37. The summed E-state index contributed by atoms with van der Waals surface area (Å²) in [6, 6.07) is 7.43. The fourth-order valence-corrected chi connectivity index (χ4v) is 2.01. The minimum absolute atomic E-state index is 0.0444. The minimum Gasteiger partial charge on any atom is -0.355 e. The third-order valence-corrected chi connectivity index (χ3v) is 3.43. The lowest BCUT2D eigenvalue weighted by Crippen LogP contribution is -2.30. The van der Waals surface area contributed by atoms with Crippen LogP contribution in [0.1, 0.15) is 11.1 Å². The molecule has 0 unspecified atom stereocenters. The summed E-state index contributed by atoms with van der Waals surface area (Å²) >= 11 is 0. The molecule has 0 aromatic heterocycles. The van der Waals surface area contributed by atoms with Crippen LogP contribution in [-0.2, 0) is 27.6 Å². The molecule has 0 spiro atoms. The molecule has 1 aromatic carbocycles. The maximum absolute atomic E-state index is 11.6. The maximum Gasteiger partial charge on any atom is 0.224 e. The number of sulfone groups is 1. The molecule has 1 aromatic rings. The van der Waals surface area contributed by atoms with E-state index in [1.165, 1.54) is 0 Å². The van der Waals surface area contributed by atoms with Crippen LogP contribution in [0.15, 0.2) is 24.3 Å². The highest BCUT2D eigenvalue weighted by Crippen LogP contribution is 2.08. The van der Waals surface area contributed by atoms with E-state index in [2.05, 4.69) is 5.32 Å². The highest BCUT2D eigenvalue weighted by atomic mass is 32.2. The van der Waals surface area contributed by atoms with Gasteiger partial charge < -0.3 is 11.1 Å². The predicted octanol–water partition coefficient (Wildman–Crippen LogP) is -0.151. The van der Waals surface area contributed by atoms with Gasteiger partial charge in [-0.2, -0.15) is 0 Å². The van der Waals surface area contributed by atoms with E-state index in [1.807, 2.05) is 24.3 Å². The molecular weight excluding hydrogens is 252 g/mol. The summed E-state index contributed by atoms with van der Waals surface area (Å²) in [5, 5.41) is 2.58. The quantitative estimate of drug-likeness (QED) is 0.752. The van der Waals surface area contributed by atoms with Crippen molar-refractivity contribution in [3.63, 3.8) is 0 Å². The van der Waals surface area contributed by atoms with Crippen molar-refractivity contribution in [2.45, 2.75) is 13.0 Å². The Balaban J connectivity index is 2.50. The van der Waals surface area contributed by atoms with Crippen LogP contribution < -0.4 is 11.1 Å². The van der Waals surface area contributed by atoms with E-state index in [1.54, 1.807) is 0 Å². The van der Waals surface area contributed by atoms with Crippen molar-refractivity contribution in [1.29, 1.82) is 0 Å². The number of carbonyl (C=O) groups excluding carboxylic acids is 1. The van der Waals surface area contributed by atoms with Gasteiger partial charge in [-0.3, -0.25) is 4.79 Å². The van der Waals surface area contributed by atoms with Gasteiger partial charge in [0.05, 0.1) is 12.2 Å². The van der Waals surface area contributed by atoms with Crippen molar-refractivity contribution in [1.82, 2.24) is 5.32 Å². The molecular formula is C12H18N2O3S. The smallest absolute Gasteiger partial charge is 0.224 e. The number of hydrogen-bond donors (Lipinski definition) is 2. The zero-order valence-electron chi connectivity index (χ0n) is 10.3. The average molecular weight is 270 g/mol. The molecule has 1 amide bonds. The summed E-state index contributed by atoms with van der Waals surface area (Å²) < 4.78 is 21.8. The van der Waals surface area contributed by atoms with Gasteiger partial charge in [0.25, 0.3) is 0 Å². The first-order chi connectivity index (χ1) is 8.42. The number of nitrogens with two attached hydrogens (primary N) is 1. The number of nitrogens with one attached hydrogen (secondary N) is 1. The lowest BCUT2D eigenvalue weighted by atomic mass is 10.0. The fourth-order valence-electron chi connectivity index (χ4n) is 1.54. The van der Waals surface area contributed by atoms with Gasteiger partial charge in [-0.15, -0.1) is 0 Å². The molecule has 6 heteroatoms. The Hall–Kier alpha value is -1.40. The van der Waals surface area contributed by atoms with Crippen molar-refractivity contribution < 1.29 is 13.2 Å². The standard InChI is InChI=1S/C12H18N2O3S/c1-18(16,17)7-6-14-12(15)8-10-4-2-3-5-11(10)9-13/h2-5H,6-9,13H2,1H3,(H,14,15). The van der Waals surface area contributed by atoms with E-state index in [0.717, 1.165) is 17.4 Å². The number of benzene rings is 1. The summed E-state index contributed by atoms with van der Waals surface area (Å²) in [5.74, 6) is -0.239. The molecule has 0 bridgehead atoms. The molecule has 0 aliphatic rings. The molecule has 0 aliphatic heterocycles. The number of carbonyl (C=O) groups is 1. The Kier molecular flexibility index (Phi) is 5.30. The number of rotatable bonds is 6. The number of amides is 1. The lowest BCUT2D eigenvalue weighted by Gasteiger charge is -2.08. The van der Waals surface area contributed by atoms with Gasteiger partial charge in [-0.05, 0) is 11.1 Å². The third-order valence-electron chi connectivity index (χ3n) is 2.48. The van der Waals surface area contributed by atoms with Crippen LogP contribution >= 0.6 is 0 Å². The van der Waals surface area contributed by atoms with Gasteiger partial charge in [0, 0.05) is 19.3 Å². The van der Waals surface area contributed by atoms with Gasteiger partial charge in [0.1, 0.15) is 9.84 Å². The van der Waals surface area contributed by atoms with Gasteiger partial charge >= 0.3 is 0 Å². The Morgan fingerprint density at radius 2 is 1.89 bits per heavy atom. The molecule has 18 heavy (non-hydrogen) atoms. The molecule has 0 saturated carbocycles. The van der Waals surface area contributed by atoms with Gasteiger partial charge in [-0.25, -0.2) is 8.42 Å². The van der Waals surface area contributed by atoms with Crippen LogP contribution in [0.3, 0.4) is 0 Å². The van der Waals surface area contributed by atoms with Crippen molar-refractivity contribution in [3.05, 3.63) is 35.4 Å². The van der Waals surface area contributed by atoms with Crippen LogP contribution in [0.5, 0.6) is 0 Å². The fraction of sp³-hybridized carbons (Fsp3) is 0.417. The second kappa shape index (κ2) is 6.51. The minimum atomic E-state index is -3.04. The highest BCUT2D eigenvalue weighted by molar-refractivity contribution is 7.90. The van der Waals surface area contributed by atoms with Gasteiger partial charge in [-0.1, -0.05) is 24.3 Å². The lowest BCUT2D eigenvalue weighted by molar-refractivity contribution is -0.120. The van der Waals surface area contributed by atoms with E-state index in [4.69, 9.17) is 5.73 Å². The number of hydrogen-bond acceptors (Lipinski definition) is 4. The van der Waals surface area contributed by atoms with Crippen LogP contribution in [0, 0.1) is 0 Å². The van der Waals surface area contributed by atoms with Crippen molar-refractivity contribution in [2.75, 3.05) is 18.6 Å². The Morgan fingerprint density at radius 1 is 1.28 bits per heavy atom. The molecule has 0 aliphatic carbocycles. The molecule has 1 rings (SSSR count). The van der Waals surface area contributed by atoms with Crippen molar-refractivity contribution in [3.8, 4) is 0 Å². The maximum atomic E-state index is 11.6. The Bertz CT molecular complexity index is 512. The first-order valence-electron chi connectivity index (χ1n) is 5.63. The average Bonchev–Trinajstić information content (AvgIpc) is 2.28. The normalized spacial score (nSPS) is 11.2. The zero-order valence-corrected chi connectivity index (χ0v) is 11.2. The van der Waals surface area contributed by atoms with Crippen molar-refractivity contribution >= 4 is 15.7 Å². The highest BCUT2D eigenvalue weighted by Gasteiger charge is 2.08. The Labute approximate surface area is 107 Å². The summed E-state index contributed by atoms with van der Waals surface area (Å²) in [7, 11) is -3.04. The molecule has 3 N–H and O–H groups in total. The van der Waals surface area contributed by atoms with Gasteiger partial charge in [0.15, 0.2) is 0 Å². The molecule has 5 nitrogen and oxygen atoms in total. The van der Waals surface area contributed by atoms with Crippen molar-refractivity contribution in [2.24, 2.45) is 5.73 Å². The molecule has 0 heterocycles. The van der Waals surface area contributed by atoms with E-state index < -0.39 is 9.84 Å². The molecule has 0 fully saturated rings. The second-order valence-corrected chi connectivity index (χ2v) is 6.39. The van der Waals surface area contributed by atoms with Crippen LogP contribution in [-0.4, -0.2) is 32.9 Å². The van der Waals surface area contributed by atoms with Crippen LogP contribution in [0.2, 0.25) is 0 Å². The Morgan fingerprint density at radius 3 is 2.44 bits per heavy atom. The van der Waals surface area contributed by atoms with Crippen LogP contribution in [0.4, 0.5) is 0 Å². The largest absolute Gasteiger partial charge is 0.355 e. The molecule has 0 saturated heterocycles.